The predicted molar refractivity (Wildman–Crippen MR) is 68.4 cm³/mol. The van der Waals surface area contributed by atoms with Crippen molar-refractivity contribution in [3.05, 3.63) is 0 Å². The van der Waals surface area contributed by atoms with Gasteiger partial charge in [-0.3, -0.25) is 14.9 Å². The summed E-state index contributed by atoms with van der Waals surface area (Å²) >= 11 is 6.66. The molecule has 15 heavy (non-hydrogen) atoms. The number of imide groups is 1. The Morgan fingerprint density at radius 1 is 0.933 bits per heavy atom. The number of amides is 2. The van der Waals surface area contributed by atoms with Gasteiger partial charge in [0.1, 0.15) is 0 Å². The molecule has 0 aromatic rings. The maximum absolute atomic E-state index is 10.6. The summed E-state index contributed by atoms with van der Waals surface area (Å²) in [7, 11) is 0. The first-order chi connectivity index (χ1) is 7.20. The number of alkyl halides is 2. The zero-order valence-electron chi connectivity index (χ0n) is 8.73. The van der Waals surface area contributed by atoms with Crippen molar-refractivity contribution in [2.75, 3.05) is 10.7 Å². The second kappa shape index (κ2) is 10.6. The molecule has 2 amide bonds. The maximum atomic E-state index is 10.6. The fourth-order valence-corrected chi connectivity index (χ4v) is 1.83. The Bertz CT molecular complexity index is 178. The van der Waals surface area contributed by atoms with Crippen molar-refractivity contribution in [1.29, 1.82) is 0 Å². The van der Waals surface area contributed by atoms with Crippen LogP contribution in [0.1, 0.15) is 38.5 Å². The molecule has 1 rings (SSSR count). The molecular formula is C10H17Br2NO2. The van der Waals surface area contributed by atoms with Crippen LogP contribution in [-0.2, 0) is 9.59 Å². The van der Waals surface area contributed by atoms with E-state index in [0.717, 1.165) is 23.5 Å². The van der Waals surface area contributed by atoms with E-state index < -0.39 is 0 Å². The molecule has 0 spiro atoms. The van der Waals surface area contributed by atoms with E-state index in [1.165, 1.54) is 12.8 Å². The van der Waals surface area contributed by atoms with Crippen molar-refractivity contribution in [3.8, 4) is 0 Å². The third-order valence-electron chi connectivity index (χ3n) is 1.85. The van der Waals surface area contributed by atoms with Crippen molar-refractivity contribution in [1.82, 2.24) is 5.32 Å². The van der Waals surface area contributed by atoms with E-state index in [1.807, 2.05) is 0 Å². The van der Waals surface area contributed by atoms with E-state index in [-0.39, 0.29) is 11.8 Å². The first kappa shape index (κ1) is 15.1. The summed E-state index contributed by atoms with van der Waals surface area (Å²) in [6.45, 7) is 0. The van der Waals surface area contributed by atoms with Crippen LogP contribution >= 0.6 is 31.9 Å². The van der Waals surface area contributed by atoms with Gasteiger partial charge in [-0.15, -0.1) is 0 Å². The molecule has 1 N–H and O–H groups in total. The molecule has 0 atom stereocenters. The zero-order valence-corrected chi connectivity index (χ0v) is 11.9. The Labute approximate surface area is 108 Å². The van der Waals surface area contributed by atoms with Crippen LogP contribution in [0.25, 0.3) is 0 Å². The van der Waals surface area contributed by atoms with E-state index >= 15 is 0 Å². The number of rotatable bonds is 3. The van der Waals surface area contributed by atoms with Gasteiger partial charge in [0.15, 0.2) is 0 Å². The highest BCUT2D eigenvalue weighted by Crippen LogP contribution is 2.03. The van der Waals surface area contributed by atoms with Crippen LogP contribution in [0.5, 0.6) is 0 Å². The molecule has 1 fully saturated rings. The highest BCUT2D eigenvalue weighted by atomic mass is 79.9. The molecule has 0 aromatic heterocycles. The Morgan fingerprint density at radius 2 is 1.33 bits per heavy atom. The SMILES string of the molecule is BrCCCCBr.O=C1CCCCC(=O)N1. The van der Waals surface area contributed by atoms with Gasteiger partial charge in [0.05, 0.1) is 0 Å². The van der Waals surface area contributed by atoms with Crippen molar-refractivity contribution in [3.63, 3.8) is 0 Å². The summed E-state index contributed by atoms with van der Waals surface area (Å²) in [6, 6.07) is 0. The molecule has 0 aliphatic carbocycles. The molecular weight excluding hydrogens is 326 g/mol. The van der Waals surface area contributed by atoms with E-state index in [0.29, 0.717) is 12.8 Å². The van der Waals surface area contributed by atoms with Gasteiger partial charge in [-0.05, 0) is 25.7 Å². The van der Waals surface area contributed by atoms with Gasteiger partial charge >= 0.3 is 0 Å². The van der Waals surface area contributed by atoms with Crippen LogP contribution in [0.2, 0.25) is 0 Å². The number of hydrogen-bond acceptors (Lipinski definition) is 2. The third-order valence-corrected chi connectivity index (χ3v) is 2.98. The number of nitrogens with one attached hydrogen (secondary N) is 1. The molecule has 1 aliphatic heterocycles. The average molecular weight is 343 g/mol. The summed E-state index contributed by atoms with van der Waals surface area (Å²) in [5.74, 6) is -0.255. The summed E-state index contributed by atoms with van der Waals surface area (Å²) in [4.78, 5) is 21.1. The minimum atomic E-state index is -0.127. The molecule has 0 radical (unpaired) electrons. The fourth-order valence-electron chi connectivity index (χ4n) is 1.04. The number of unbranched alkanes of at least 4 members (excludes halogenated alkanes) is 1. The average Bonchev–Trinajstić information content (AvgIpc) is 2.40. The van der Waals surface area contributed by atoms with Crippen LogP contribution in [0.3, 0.4) is 0 Å². The molecule has 0 bridgehead atoms. The smallest absolute Gasteiger partial charge is 0.226 e. The third kappa shape index (κ3) is 10.4. The lowest BCUT2D eigenvalue weighted by Gasteiger charge is -1.93. The molecule has 0 saturated carbocycles. The lowest BCUT2D eigenvalue weighted by molar-refractivity contribution is -0.129. The van der Waals surface area contributed by atoms with Gasteiger partial charge < -0.3 is 0 Å². The summed E-state index contributed by atoms with van der Waals surface area (Å²) in [5, 5.41) is 4.54. The van der Waals surface area contributed by atoms with Crippen molar-refractivity contribution < 1.29 is 9.59 Å². The van der Waals surface area contributed by atoms with Gasteiger partial charge in [0.2, 0.25) is 11.8 Å². The lowest BCUT2D eigenvalue weighted by atomic mass is 10.2. The molecule has 5 heteroatoms. The van der Waals surface area contributed by atoms with E-state index in [2.05, 4.69) is 37.2 Å². The fraction of sp³-hybridized carbons (Fsp3) is 0.800. The topological polar surface area (TPSA) is 46.2 Å². The Hall–Kier alpha value is 0.100. The Kier molecular flexibility index (Phi) is 10.7. The molecule has 0 unspecified atom stereocenters. The Morgan fingerprint density at radius 3 is 1.67 bits per heavy atom. The second-order valence-electron chi connectivity index (χ2n) is 3.26. The van der Waals surface area contributed by atoms with Gasteiger partial charge in [-0.2, -0.15) is 0 Å². The van der Waals surface area contributed by atoms with Gasteiger partial charge in [-0.1, -0.05) is 31.9 Å². The van der Waals surface area contributed by atoms with E-state index in [9.17, 15) is 9.59 Å². The lowest BCUT2D eigenvalue weighted by Crippen LogP contribution is -2.27. The first-order valence-corrected chi connectivity index (χ1v) is 7.39. The minimum Gasteiger partial charge on any atom is -0.296 e. The summed E-state index contributed by atoms with van der Waals surface area (Å²) < 4.78 is 0. The minimum absolute atomic E-state index is 0.127. The number of carbonyl (C=O) groups is 2. The zero-order chi connectivity index (χ0) is 11.5. The van der Waals surface area contributed by atoms with Gasteiger partial charge in [-0.25, -0.2) is 0 Å². The van der Waals surface area contributed by atoms with Crippen molar-refractivity contribution in [2.24, 2.45) is 0 Å². The van der Waals surface area contributed by atoms with Crippen LogP contribution in [0, 0.1) is 0 Å². The number of carbonyl (C=O) groups excluding carboxylic acids is 2. The van der Waals surface area contributed by atoms with Crippen molar-refractivity contribution >= 4 is 43.7 Å². The van der Waals surface area contributed by atoms with E-state index in [1.54, 1.807) is 0 Å². The van der Waals surface area contributed by atoms with Gasteiger partial charge in [0.25, 0.3) is 0 Å². The summed E-state index contributed by atoms with van der Waals surface area (Å²) in [5.41, 5.74) is 0. The molecule has 1 heterocycles. The highest BCUT2D eigenvalue weighted by Gasteiger charge is 2.11. The summed E-state index contributed by atoms with van der Waals surface area (Å²) in [6.07, 6.45) is 5.27. The standard InChI is InChI=1S/C6H9NO2.C4H8Br2/c8-5-3-1-2-4-6(9)7-5;5-3-1-2-4-6/h1-4H2,(H,7,8,9);1-4H2. The number of hydrogen-bond donors (Lipinski definition) is 1. The van der Waals surface area contributed by atoms with Crippen LogP contribution in [-0.4, -0.2) is 22.5 Å². The molecule has 1 saturated heterocycles. The second-order valence-corrected chi connectivity index (χ2v) is 4.85. The molecule has 3 nitrogen and oxygen atoms in total. The van der Waals surface area contributed by atoms with Crippen molar-refractivity contribution in [2.45, 2.75) is 38.5 Å². The highest BCUT2D eigenvalue weighted by molar-refractivity contribution is 9.09. The Balaban J connectivity index is 0.000000288. The monoisotopic (exact) mass is 341 g/mol. The van der Waals surface area contributed by atoms with Gasteiger partial charge in [0, 0.05) is 23.5 Å². The molecule has 88 valence electrons. The molecule has 1 aliphatic rings. The first-order valence-electron chi connectivity index (χ1n) is 5.15. The molecule has 0 aromatic carbocycles. The normalized spacial score (nSPS) is 16.1. The van der Waals surface area contributed by atoms with Crippen LogP contribution in [0.4, 0.5) is 0 Å². The quantitative estimate of drug-likeness (QED) is 0.487. The number of halogens is 2. The largest absolute Gasteiger partial charge is 0.296 e. The van der Waals surface area contributed by atoms with Crippen LogP contribution in [0.15, 0.2) is 0 Å². The van der Waals surface area contributed by atoms with E-state index in [4.69, 9.17) is 0 Å². The predicted octanol–water partition coefficient (Wildman–Crippen LogP) is 2.76. The van der Waals surface area contributed by atoms with Crippen LogP contribution < -0.4 is 5.32 Å². The maximum Gasteiger partial charge on any atom is 0.226 e.